The Balaban J connectivity index is 1.83. The normalized spacial score (nSPS) is 23.8. The average molecular weight is 379 g/mol. The summed E-state index contributed by atoms with van der Waals surface area (Å²) in [6.07, 6.45) is 3.97. The predicted molar refractivity (Wildman–Crippen MR) is 107 cm³/mol. The minimum atomic E-state index is -0.486. The summed E-state index contributed by atoms with van der Waals surface area (Å²) >= 11 is 0. The molecule has 0 saturated heterocycles. The number of benzene rings is 1. The molecule has 0 spiro atoms. The third-order valence-corrected chi connectivity index (χ3v) is 5.79. The number of hydrogen-bond donors (Lipinski definition) is 2. The molecular formula is C21H25N5O2. The zero-order chi connectivity index (χ0) is 20.0. The fourth-order valence-corrected chi connectivity index (χ4v) is 4.38. The molecule has 3 atom stereocenters. The van der Waals surface area contributed by atoms with Gasteiger partial charge in [0, 0.05) is 42.0 Å². The lowest BCUT2D eigenvalue weighted by Crippen LogP contribution is -2.51. The summed E-state index contributed by atoms with van der Waals surface area (Å²) in [6.45, 7) is 5.67. The van der Waals surface area contributed by atoms with Crippen LogP contribution in [0.2, 0.25) is 0 Å². The molecule has 2 aromatic rings. The van der Waals surface area contributed by atoms with Crippen molar-refractivity contribution in [1.29, 1.82) is 0 Å². The van der Waals surface area contributed by atoms with E-state index < -0.39 is 5.91 Å². The van der Waals surface area contributed by atoms with Crippen LogP contribution in [0.3, 0.4) is 0 Å². The first-order chi connectivity index (χ1) is 13.4. The molecule has 2 heterocycles. The molecule has 4 rings (SSSR count). The number of rotatable bonds is 4. The number of amides is 2. The number of hydrogen-bond acceptors (Lipinski definition) is 5. The van der Waals surface area contributed by atoms with E-state index in [1.165, 1.54) is 0 Å². The van der Waals surface area contributed by atoms with Crippen LogP contribution in [0.15, 0.2) is 30.5 Å². The van der Waals surface area contributed by atoms with Crippen molar-refractivity contribution >= 4 is 23.5 Å². The smallest absolute Gasteiger partial charge is 0.248 e. The maximum absolute atomic E-state index is 12.6. The highest BCUT2D eigenvalue weighted by atomic mass is 16.2. The zero-order valence-corrected chi connectivity index (χ0v) is 16.3. The molecular weight excluding hydrogens is 354 g/mol. The van der Waals surface area contributed by atoms with Crippen molar-refractivity contribution < 1.29 is 9.59 Å². The van der Waals surface area contributed by atoms with Crippen LogP contribution in [0.1, 0.15) is 54.3 Å². The fraction of sp³-hybridized carbons (Fsp3) is 0.429. The Hall–Kier alpha value is -2.96. The summed E-state index contributed by atoms with van der Waals surface area (Å²) in [5.41, 5.74) is 8.52. The largest absolute Gasteiger partial charge is 0.366 e. The molecule has 0 radical (unpaired) electrons. The highest BCUT2D eigenvalue weighted by Gasteiger charge is 2.47. The van der Waals surface area contributed by atoms with Gasteiger partial charge in [0.05, 0.1) is 6.04 Å². The van der Waals surface area contributed by atoms with Gasteiger partial charge in [-0.2, -0.15) is 0 Å². The van der Waals surface area contributed by atoms with E-state index in [4.69, 9.17) is 5.73 Å². The Bertz CT molecular complexity index is 940. The van der Waals surface area contributed by atoms with Crippen molar-refractivity contribution in [3.63, 3.8) is 0 Å². The SMILES string of the molecule is CC(=O)N1c2ccc(C(N)=O)cc2[C@H](Nc2nccc(C)n2)[C@@H](C)C1C1CC1. The molecule has 0 bridgehead atoms. The van der Waals surface area contributed by atoms with E-state index in [-0.39, 0.29) is 23.9 Å². The van der Waals surface area contributed by atoms with Gasteiger partial charge < -0.3 is 16.0 Å². The van der Waals surface area contributed by atoms with Crippen molar-refractivity contribution in [3.05, 3.63) is 47.3 Å². The van der Waals surface area contributed by atoms with Crippen molar-refractivity contribution in [1.82, 2.24) is 9.97 Å². The van der Waals surface area contributed by atoms with Crippen molar-refractivity contribution in [2.45, 2.75) is 45.7 Å². The van der Waals surface area contributed by atoms with Gasteiger partial charge >= 0.3 is 0 Å². The Kier molecular flexibility index (Phi) is 4.53. The first kappa shape index (κ1) is 18.4. The second-order valence-electron chi connectivity index (χ2n) is 7.86. The van der Waals surface area contributed by atoms with E-state index >= 15 is 0 Å². The van der Waals surface area contributed by atoms with Gasteiger partial charge in [-0.1, -0.05) is 6.92 Å². The predicted octanol–water partition coefficient (Wildman–Crippen LogP) is 2.82. The summed E-state index contributed by atoms with van der Waals surface area (Å²) in [7, 11) is 0. The van der Waals surface area contributed by atoms with Crippen LogP contribution in [-0.2, 0) is 4.79 Å². The van der Waals surface area contributed by atoms with Gasteiger partial charge in [-0.3, -0.25) is 9.59 Å². The average Bonchev–Trinajstić information content (AvgIpc) is 3.47. The number of carbonyl (C=O) groups excluding carboxylic acids is 2. The summed E-state index contributed by atoms with van der Waals surface area (Å²) < 4.78 is 0. The molecule has 7 heteroatoms. The van der Waals surface area contributed by atoms with Crippen LogP contribution in [0.25, 0.3) is 0 Å². The maximum atomic E-state index is 12.6. The topological polar surface area (TPSA) is 101 Å². The van der Waals surface area contributed by atoms with E-state index in [9.17, 15) is 9.59 Å². The molecule has 1 aromatic heterocycles. The van der Waals surface area contributed by atoms with E-state index in [1.807, 2.05) is 24.0 Å². The number of anilines is 2. The third-order valence-electron chi connectivity index (χ3n) is 5.79. The van der Waals surface area contributed by atoms with Gasteiger partial charge in [0.1, 0.15) is 0 Å². The Labute approximate surface area is 164 Å². The minimum Gasteiger partial charge on any atom is -0.366 e. The highest BCUT2D eigenvalue weighted by molar-refractivity contribution is 5.97. The molecule has 146 valence electrons. The number of aryl methyl sites for hydroxylation is 1. The summed E-state index contributed by atoms with van der Waals surface area (Å²) in [6, 6.07) is 7.14. The van der Waals surface area contributed by atoms with Crippen LogP contribution in [0.5, 0.6) is 0 Å². The van der Waals surface area contributed by atoms with Crippen LogP contribution in [0, 0.1) is 18.8 Å². The van der Waals surface area contributed by atoms with Gasteiger partial charge in [-0.25, -0.2) is 9.97 Å². The van der Waals surface area contributed by atoms with Crippen molar-refractivity contribution in [2.24, 2.45) is 17.6 Å². The molecule has 7 nitrogen and oxygen atoms in total. The second kappa shape index (κ2) is 6.89. The van der Waals surface area contributed by atoms with Crippen molar-refractivity contribution in [3.8, 4) is 0 Å². The van der Waals surface area contributed by atoms with Gasteiger partial charge in [0.2, 0.25) is 17.8 Å². The van der Waals surface area contributed by atoms with E-state index in [2.05, 4.69) is 22.2 Å². The monoisotopic (exact) mass is 379 g/mol. The summed E-state index contributed by atoms with van der Waals surface area (Å²) in [4.78, 5) is 35.1. The highest BCUT2D eigenvalue weighted by Crippen LogP contribution is 2.50. The Morgan fingerprint density at radius 3 is 2.61 bits per heavy atom. The first-order valence-corrected chi connectivity index (χ1v) is 9.66. The summed E-state index contributed by atoms with van der Waals surface area (Å²) in [5.74, 6) is 0.682. The minimum absolute atomic E-state index is 0.0158. The molecule has 1 aliphatic carbocycles. The number of nitrogens with one attached hydrogen (secondary N) is 1. The number of fused-ring (bicyclic) bond motifs is 1. The van der Waals surface area contributed by atoms with Crippen LogP contribution >= 0.6 is 0 Å². The Morgan fingerprint density at radius 1 is 1.25 bits per heavy atom. The Morgan fingerprint density at radius 2 is 2.00 bits per heavy atom. The maximum Gasteiger partial charge on any atom is 0.248 e. The number of primary amides is 1. The standard InChI is InChI=1S/C21H25N5O2/c1-11-8-9-23-21(24-11)25-18-12(2)19(14-4-5-14)26(13(3)27)17-7-6-15(20(22)28)10-16(17)18/h6-10,12,14,18-19H,4-5H2,1-3H3,(H2,22,28)(H,23,24,25)/t12-,18-,19?/m1/s1. The molecule has 28 heavy (non-hydrogen) atoms. The molecule has 1 fully saturated rings. The van der Waals surface area contributed by atoms with Crippen LogP contribution < -0.4 is 16.0 Å². The second-order valence-corrected chi connectivity index (χ2v) is 7.86. The number of nitrogens with two attached hydrogens (primary N) is 1. The van der Waals surface area contributed by atoms with Gasteiger partial charge in [-0.15, -0.1) is 0 Å². The quantitative estimate of drug-likeness (QED) is 0.851. The molecule has 3 N–H and O–H groups in total. The lowest BCUT2D eigenvalue weighted by Gasteiger charge is -2.45. The van der Waals surface area contributed by atoms with E-state index in [0.717, 1.165) is 29.8 Å². The molecule has 1 saturated carbocycles. The zero-order valence-electron chi connectivity index (χ0n) is 16.3. The van der Waals surface area contributed by atoms with Gasteiger partial charge in [0.25, 0.3) is 0 Å². The number of aromatic nitrogens is 2. The molecule has 1 aromatic carbocycles. The van der Waals surface area contributed by atoms with Gasteiger partial charge in [0.15, 0.2) is 0 Å². The third kappa shape index (κ3) is 3.21. The molecule has 1 aliphatic heterocycles. The van der Waals surface area contributed by atoms with Gasteiger partial charge in [-0.05, 0) is 55.5 Å². The number of nitrogens with zero attached hydrogens (tertiary/aromatic N) is 3. The van der Waals surface area contributed by atoms with Crippen molar-refractivity contribution in [2.75, 3.05) is 10.2 Å². The molecule has 1 unspecified atom stereocenters. The lowest BCUT2D eigenvalue weighted by atomic mass is 9.79. The first-order valence-electron chi connectivity index (χ1n) is 9.66. The lowest BCUT2D eigenvalue weighted by molar-refractivity contribution is -0.117. The van der Waals surface area contributed by atoms with E-state index in [0.29, 0.717) is 17.4 Å². The fourth-order valence-electron chi connectivity index (χ4n) is 4.38. The molecule has 2 amide bonds. The molecule has 2 aliphatic rings. The van der Waals surface area contributed by atoms with Crippen LogP contribution in [-0.4, -0.2) is 27.8 Å². The van der Waals surface area contributed by atoms with E-state index in [1.54, 1.807) is 25.3 Å². The number of carbonyl (C=O) groups is 2. The van der Waals surface area contributed by atoms with Crippen LogP contribution in [0.4, 0.5) is 11.6 Å². The summed E-state index contributed by atoms with van der Waals surface area (Å²) in [5, 5.41) is 3.45.